The van der Waals surface area contributed by atoms with Gasteiger partial charge < -0.3 is 15.2 Å². The summed E-state index contributed by atoms with van der Waals surface area (Å²) in [5.41, 5.74) is 0.00298. The van der Waals surface area contributed by atoms with Crippen molar-refractivity contribution < 1.29 is 23.0 Å². The largest absolute Gasteiger partial charge is 0.491 e. The molecule has 2 unspecified atom stereocenters. The molecule has 1 heterocycles. The van der Waals surface area contributed by atoms with E-state index in [0.717, 1.165) is 17.8 Å². The summed E-state index contributed by atoms with van der Waals surface area (Å²) in [5, 5.41) is 13.0. The number of halogens is 3. The predicted octanol–water partition coefficient (Wildman–Crippen LogP) is 2.59. The number of aliphatic hydroxyl groups excluding tert-OH is 1. The molecule has 0 saturated heterocycles. The van der Waals surface area contributed by atoms with Gasteiger partial charge in [0.05, 0.1) is 11.3 Å². The van der Waals surface area contributed by atoms with Gasteiger partial charge in [0.2, 0.25) is 0 Å². The summed E-state index contributed by atoms with van der Waals surface area (Å²) >= 11 is 0. The molecule has 2 N–H and O–H groups in total. The van der Waals surface area contributed by atoms with E-state index in [9.17, 15) is 18.3 Å². The maximum atomic E-state index is 12.5. The van der Waals surface area contributed by atoms with Crippen LogP contribution in [0.1, 0.15) is 24.2 Å². The molecule has 0 radical (unpaired) electrons. The average molecular weight is 341 g/mol. The van der Waals surface area contributed by atoms with Crippen molar-refractivity contribution in [1.82, 2.24) is 15.3 Å². The third-order valence-electron chi connectivity index (χ3n) is 3.31. The molecule has 0 aliphatic carbocycles. The molecule has 0 saturated carbocycles. The van der Waals surface area contributed by atoms with Gasteiger partial charge in [-0.3, -0.25) is 9.97 Å². The Morgan fingerprint density at radius 2 is 1.92 bits per heavy atom. The second-order valence-electron chi connectivity index (χ2n) is 5.25. The Morgan fingerprint density at radius 3 is 2.50 bits per heavy atom. The zero-order valence-electron chi connectivity index (χ0n) is 13.0. The number of nitrogens with one attached hydrogen (secondary N) is 1. The molecule has 5 nitrogen and oxygen atoms in total. The van der Waals surface area contributed by atoms with Crippen LogP contribution in [0.25, 0.3) is 0 Å². The van der Waals surface area contributed by atoms with Gasteiger partial charge in [0.25, 0.3) is 0 Å². The number of rotatable bonds is 7. The molecule has 130 valence electrons. The quantitative estimate of drug-likeness (QED) is 0.810. The molecule has 8 heteroatoms. The molecular weight excluding hydrogens is 323 g/mol. The Kier molecular flexibility index (Phi) is 6.10. The van der Waals surface area contributed by atoms with Gasteiger partial charge in [-0.15, -0.1) is 0 Å². The Morgan fingerprint density at radius 1 is 1.21 bits per heavy atom. The molecule has 0 aliphatic rings. The first-order valence-electron chi connectivity index (χ1n) is 7.33. The highest BCUT2D eigenvalue weighted by Crippen LogP contribution is 2.30. The van der Waals surface area contributed by atoms with Crippen LogP contribution in [0.4, 0.5) is 13.2 Å². The first-order valence-corrected chi connectivity index (χ1v) is 7.33. The fraction of sp³-hybridized carbons (Fsp3) is 0.375. The molecule has 2 atom stereocenters. The first kappa shape index (κ1) is 18.2. The van der Waals surface area contributed by atoms with Gasteiger partial charge >= 0.3 is 6.18 Å². The molecular formula is C16H18F3N3O2. The van der Waals surface area contributed by atoms with E-state index in [2.05, 4.69) is 15.3 Å². The average Bonchev–Trinajstić information content (AvgIpc) is 2.58. The zero-order chi connectivity index (χ0) is 17.6. The van der Waals surface area contributed by atoms with Crippen molar-refractivity contribution in [2.75, 3.05) is 13.2 Å². The third kappa shape index (κ3) is 5.47. The molecule has 0 amide bonds. The van der Waals surface area contributed by atoms with Gasteiger partial charge in [-0.1, -0.05) is 0 Å². The number of alkyl halides is 3. The summed E-state index contributed by atoms with van der Waals surface area (Å²) < 4.78 is 42.6. The molecule has 0 aliphatic heterocycles. The highest BCUT2D eigenvalue weighted by molar-refractivity contribution is 5.28. The van der Waals surface area contributed by atoms with Crippen LogP contribution in [-0.4, -0.2) is 34.3 Å². The molecule has 1 aromatic carbocycles. The van der Waals surface area contributed by atoms with E-state index < -0.39 is 17.8 Å². The Bertz CT molecular complexity index is 621. The van der Waals surface area contributed by atoms with E-state index in [1.54, 1.807) is 18.6 Å². The summed E-state index contributed by atoms with van der Waals surface area (Å²) in [5.74, 6) is 0.268. The van der Waals surface area contributed by atoms with Crippen molar-refractivity contribution in [3.05, 3.63) is 54.1 Å². The minimum absolute atomic E-state index is 0.0362. The highest BCUT2D eigenvalue weighted by atomic mass is 19.4. The van der Waals surface area contributed by atoms with Gasteiger partial charge in [0, 0.05) is 31.2 Å². The van der Waals surface area contributed by atoms with Crippen molar-refractivity contribution in [3.8, 4) is 5.75 Å². The van der Waals surface area contributed by atoms with Gasteiger partial charge in [-0.2, -0.15) is 13.2 Å². The van der Waals surface area contributed by atoms with Crippen LogP contribution in [0.5, 0.6) is 5.75 Å². The van der Waals surface area contributed by atoms with Crippen molar-refractivity contribution in [2.24, 2.45) is 0 Å². The van der Waals surface area contributed by atoms with Crippen LogP contribution in [0.2, 0.25) is 0 Å². The van der Waals surface area contributed by atoms with Crippen LogP contribution in [-0.2, 0) is 6.18 Å². The smallest absolute Gasteiger partial charge is 0.416 e. The summed E-state index contributed by atoms with van der Waals surface area (Å²) in [6.07, 6.45) is -0.409. The van der Waals surface area contributed by atoms with Crippen LogP contribution in [0.3, 0.4) is 0 Å². The van der Waals surface area contributed by atoms with Crippen LogP contribution >= 0.6 is 0 Å². The molecule has 2 aromatic rings. The summed E-state index contributed by atoms with van der Waals surface area (Å²) in [7, 11) is 0. The number of benzene rings is 1. The third-order valence-corrected chi connectivity index (χ3v) is 3.31. The standard InChI is InChI=1S/C16H18F3N3O2/c1-11(15-9-20-6-7-21-15)22-8-13(23)10-24-14-4-2-12(3-5-14)16(17,18)19/h2-7,9,11,13,22-23H,8,10H2,1H3. The van der Waals surface area contributed by atoms with Gasteiger partial charge in [-0.05, 0) is 31.2 Å². The SMILES string of the molecule is CC(NCC(O)COc1ccc(C(F)(F)F)cc1)c1cnccn1. The lowest BCUT2D eigenvalue weighted by Gasteiger charge is -2.17. The fourth-order valence-electron chi connectivity index (χ4n) is 1.94. The molecule has 2 rings (SSSR count). The van der Waals surface area contributed by atoms with Crippen LogP contribution < -0.4 is 10.1 Å². The fourth-order valence-corrected chi connectivity index (χ4v) is 1.94. The monoisotopic (exact) mass is 341 g/mol. The van der Waals surface area contributed by atoms with Crippen molar-refractivity contribution in [3.63, 3.8) is 0 Å². The number of aromatic nitrogens is 2. The summed E-state index contributed by atoms with van der Waals surface area (Å²) in [6.45, 7) is 2.09. The number of hydrogen-bond donors (Lipinski definition) is 2. The Hall–Kier alpha value is -2.19. The number of ether oxygens (including phenoxy) is 1. The van der Waals surface area contributed by atoms with Gasteiger partial charge in [-0.25, -0.2) is 0 Å². The van der Waals surface area contributed by atoms with Crippen molar-refractivity contribution in [1.29, 1.82) is 0 Å². The lowest BCUT2D eigenvalue weighted by molar-refractivity contribution is -0.137. The second kappa shape index (κ2) is 8.07. The highest BCUT2D eigenvalue weighted by Gasteiger charge is 2.30. The topological polar surface area (TPSA) is 67.3 Å². The number of nitrogens with zero attached hydrogens (tertiary/aromatic N) is 2. The van der Waals surface area contributed by atoms with Crippen molar-refractivity contribution >= 4 is 0 Å². The van der Waals surface area contributed by atoms with Gasteiger partial charge in [0.1, 0.15) is 18.5 Å². The summed E-state index contributed by atoms with van der Waals surface area (Å²) in [4.78, 5) is 8.11. The van der Waals surface area contributed by atoms with E-state index in [4.69, 9.17) is 4.74 Å². The van der Waals surface area contributed by atoms with E-state index >= 15 is 0 Å². The first-order chi connectivity index (χ1) is 11.4. The maximum Gasteiger partial charge on any atom is 0.416 e. The summed E-state index contributed by atoms with van der Waals surface area (Å²) in [6, 6.07) is 4.24. The van der Waals surface area contributed by atoms with Crippen LogP contribution in [0.15, 0.2) is 42.9 Å². The molecule has 24 heavy (non-hydrogen) atoms. The lowest BCUT2D eigenvalue weighted by Crippen LogP contribution is -2.33. The van der Waals surface area contributed by atoms with E-state index in [0.29, 0.717) is 0 Å². The predicted molar refractivity (Wildman–Crippen MR) is 81.4 cm³/mol. The molecule has 0 spiro atoms. The second-order valence-corrected chi connectivity index (χ2v) is 5.25. The van der Waals surface area contributed by atoms with E-state index in [1.165, 1.54) is 12.1 Å². The number of aliphatic hydroxyl groups is 1. The molecule has 1 aromatic heterocycles. The van der Waals surface area contributed by atoms with Crippen LogP contribution in [0, 0.1) is 0 Å². The van der Waals surface area contributed by atoms with E-state index in [1.807, 2.05) is 6.92 Å². The van der Waals surface area contributed by atoms with Gasteiger partial charge in [0.15, 0.2) is 0 Å². The zero-order valence-corrected chi connectivity index (χ0v) is 13.0. The van der Waals surface area contributed by atoms with Crippen molar-refractivity contribution in [2.45, 2.75) is 25.2 Å². The maximum absolute atomic E-state index is 12.5. The number of hydrogen-bond acceptors (Lipinski definition) is 5. The normalized spacial score (nSPS) is 14.2. The van der Waals surface area contributed by atoms with E-state index in [-0.39, 0.29) is 24.9 Å². The Labute approximate surface area is 137 Å². The Balaban J connectivity index is 1.76. The molecule has 0 fully saturated rings. The molecule has 0 bridgehead atoms. The lowest BCUT2D eigenvalue weighted by atomic mass is 10.2. The minimum Gasteiger partial charge on any atom is -0.491 e. The minimum atomic E-state index is -4.38.